The third-order valence-corrected chi connectivity index (χ3v) is 3.20. The summed E-state index contributed by atoms with van der Waals surface area (Å²) in [6.45, 7) is 3.82. The quantitative estimate of drug-likeness (QED) is 0.598. The molecule has 3 amide bonds. The van der Waals surface area contributed by atoms with Crippen LogP contribution < -0.4 is 11.1 Å². The van der Waals surface area contributed by atoms with Crippen molar-refractivity contribution in [3.63, 3.8) is 0 Å². The lowest BCUT2D eigenvalue weighted by Crippen LogP contribution is -2.46. The van der Waals surface area contributed by atoms with Gasteiger partial charge < -0.3 is 11.1 Å². The van der Waals surface area contributed by atoms with Gasteiger partial charge in [-0.25, -0.2) is 0 Å². The second-order valence-electron chi connectivity index (χ2n) is 5.60. The summed E-state index contributed by atoms with van der Waals surface area (Å²) in [6.07, 6.45) is 2.12. The number of hydrogen-bond acceptors (Lipinski definition) is 4. The van der Waals surface area contributed by atoms with Crippen LogP contribution in [0.1, 0.15) is 41.0 Å². The first-order chi connectivity index (χ1) is 10.8. The summed E-state index contributed by atoms with van der Waals surface area (Å²) in [5.74, 6) is -1.48. The first-order valence-electron chi connectivity index (χ1n) is 7.14. The fraction of sp³-hybridized carbons (Fsp3) is 0.375. The first-order valence-corrected chi connectivity index (χ1v) is 7.14. The Morgan fingerprint density at radius 1 is 1.30 bits per heavy atom. The molecule has 0 spiro atoms. The highest BCUT2D eigenvalue weighted by molar-refractivity contribution is 6.00. The number of hydrogen-bond donors (Lipinski definition) is 2. The normalized spacial score (nSPS) is 11.4. The van der Waals surface area contributed by atoms with Gasteiger partial charge in [0.25, 0.3) is 11.8 Å². The molecule has 1 aromatic rings. The van der Waals surface area contributed by atoms with E-state index in [-0.39, 0.29) is 17.0 Å². The number of rotatable bonds is 6. The van der Waals surface area contributed by atoms with E-state index in [2.05, 4.69) is 5.32 Å². The molecule has 3 N–H and O–H groups in total. The van der Waals surface area contributed by atoms with Crippen molar-refractivity contribution in [1.82, 2.24) is 10.2 Å². The fourth-order valence-corrected chi connectivity index (χ4v) is 2.03. The molecular weight excluding hydrogens is 296 g/mol. The van der Waals surface area contributed by atoms with Gasteiger partial charge in [-0.1, -0.05) is 19.9 Å². The number of nitriles is 1. The molecule has 0 heterocycles. The molecule has 1 atom stereocenters. The number of carbonyl (C=O) groups excluding carboxylic acids is 3. The van der Waals surface area contributed by atoms with E-state index >= 15 is 0 Å². The second-order valence-corrected chi connectivity index (χ2v) is 5.60. The molecule has 0 aliphatic heterocycles. The molecule has 0 radical (unpaired) electrons. The topological polar surface area (TPSA) is 116 Å². The molecule has 0 fully saturated rings. The maximum atomic E-state index is 12.3. The molecule has 0 saturated carbocycles. The van der Waals surface area contributed by atoms with Crippen LogP contribution in [0.4, 0.5) is 0 Å². The molecule has 0 saturated heterocycles. The highest BCUT2D eigenvalue weighted by Gasteiger charge is 2.25. The van der Waals surface area contributed by atoms with Gasteiger partial charge in [-0.05, 0) is 30.5 Å². The van der Waals surface area contributed by atoms with Crippen molar-refractivity contribution in [3.05, 3.63) is 35.4 Å². The van der Waals surface area contributed by atoms with Crippen molar-refractivity contribution in [1.29, 1.82) is 5.26 Å². The minimum absolute atomic E-state index is 0.147. The van der Waals surface area contributed by atoms with E-state index in [9.17, 15) is 14.4 Å². The smallest absolute Gasteiger partial charge is 0.257 e. The Balaban J connectivity index is 2.97. The molecule has 1 unspecified atom stereocenters. The van der Waals surface area contributed by atoms with Gasteiger partial charge in [0.2, 0.25) is 5.91 Å². The van der Waals surface area contributed by atoms with Crippen molar-refractivity contribution in [3.8, 4) is 6.19 Å². The number of nitrogens with one attached hydrogen (secondary N) is 1. The van der Waals surface area contributed by atoms with Crippen molar-refractivity contribution in [2.45, 2.75) is 26.3 Å². The number of nitrogens with zero attached hydrogens (tertiary/aromatic N) is 2. The summed E-state index contributed by atoms with van der Waals surface area (Å²) >= 11 is 0. The molecule has 0 aliphatic rings. The lowest BCUT2D eigenvalue weighted by molar-refractivity contribution is -0.129. The average molecular weight is 316 g/mol. The van der Waals surface area contributed by atoms with Crippen molar-refractivity contribution in [2.24, 2.45) is 11.7 Å². The van der Waals surface area contributed by atoms with Crippen molar-refractivity contribution >= 4 is 17.7 Å². The van der Waals surface area contributed by atoms with Crippen LogP contribution in [0.5, 0.6) is 0 Å². The largest absolute Gasteiger partial charge is 0.366 e. The molecule has 1 rings (SSSR count). The molecule has 122 valence electrons. The van der Waals surface area contributed by atoms with Crippen LogP contribution in [0.15, 0.2) is 24.3 Å². The van der Waals surface area contributed by atoms with Crippen molar-refractivity contribution in [2.75, 3.05) is 7.05 Å². The third-order valence-electron chi connectivity index (χ3n) is 3.20. The molecule has 0 aromatic heterocycles. The van der Waals surface area contributed by atoms with Gasteiger partial charge in [0.05, 0.1) is 0 Å². The Morgan fingerprint density at radius 2 is 1.91 bits per heavy atom. The minimum atomic E-state index is -0.815. The van der Waals surface area contributed by atoms with Gasteiger partial charge in [0, 0.05) is 18.2 Å². The van der Waals surface area contributed by atoms with Gasteiger partial charge in [0.15, 0.2) is 6.19 Å². The number of nitrogens with two attached hydrogens (primary N) is 1. The predicted molar refractivity (Wildman–Crippen MR) is 84.1 cm³/mol. The van der Waals surface area contributed by atoms with Gasteiger partial charge in [-0.2, -0.15) is 5.26 Å². The van der Waals surface area contributed by atoms with E-state index in [1.165, 1.54) is 31.3 Å². The lowest BCUT2D eigenvalue weighted by atomic mass is 10.0. The zero-order chi connectivity index (χ0) is 17.6. The average Bonchev–Trinajstić information content (AvgIpc) is 2.52. The molecule has 0 aliphatic carbocycles. The maximum absolute atomic E-state index is 12.3. The van der Waals surface area contributed by atoms with Crippen LogP contribution >= 0.6 is 0 Å². The van der Waals surface area contributed by atoms with E-state index in [0.29, 0.717) is 6.42 Å². The Bertz CT molecular complexity index is 649. The zero-order valence-corrected chi connectivity index (χ0v) is 13.4. The molecule has 7 heteroatoms. The van der Waals surface area contributed by atoms with Crippen LogP contribution in [0.3, 0.4) is 0 Å². The summed E-state index contributed by atoms with van der Waals surface area (Å²) in [7, 11) is 1.34. The summed E-state index contributed by atoms with van der Waals surface area (Å²) in [4.78, 5) is 36.5. The molecule has 23 heavy (non-hydrogen) atoms. The number of amides is 3. The molecular formula is C16H20N4O3. The number of benzene rings is 1. The van der Waals surface area contributed by atoms with E-state index in [1.54, 1.807) is 6.19 Å². The van der Waals surface area contributed by atoms with Crippen LogP contribution in [0.2, 0.25) is 0 Å². The van der Waals surface area contributed by atoms with Gasteiger partial charge in [-0.3, -0.25) is 19.3 Å². The second kappa shape index (κ2) is 7.94. The summed E-state index contributed by atoms with van der Waals surface area (Å²) in [5, 5.41) is 11.4. The number of carbonyl (C=O) groups is 3. The maximum Gasteiger partial charge on any atom is 0.257 e. The highest BCUT2D eigenvalue weighted by atomic mass is 16.2. The first kappa shape index (κ1) is 18.2. The van der Waals surface area contributed by atoms with E-state index < -0.39 is 23.8 Å². The summed E-state index contributed by atoms with van der Waals surface area (Å²) in [5.41, 5.74) is 5.62. The van der Waals surface area contributed by atoms with Gasteiger partial charge in [0.1, 0.15) is 6.04 Å². The molecule has 1 aromatic carbocycles. The van der Waals surface area contributed by atoms with Gasteiger partial charge in [-0.15, -0.1) is 0 Å². The molecule has 0 bridgehead atoms. The Labute approximate surface area is 135 Å². The highest BCUT2D eigenvalue weighted by Crippen LogP contribution is 2.10. The fourth-order valence-electron chi connectivity index (χ4n) is 2.03. The SMILES string of the molecule is CC(C)CC(NC(=O)c1cccc(C(N)=O)c1)C(=O)N(C)C#N. The standard InChI is InChI=1S/C16H20N4O3/c1-10(2)7-13(16(23)20(3)9-17)19-15(22)12-6-4-5-11(8-12)14(18)21/h4-6,8,10,13H,7H2,1-3H3,(H2,18,21)(H,19,22). The van der Waals surface area contributed by atoms with E-state index in [0.717, 1.165) is 4.90 Å². The Morgan fingerprint density at radius 3 is 2.43 bits per heavy atom. The lowest BCUT2D eigenvalue weighted by Gasteiger charge is -2.21. The van der Waals surface area contributed by atoms with Crippen molar-refractivity contribution < 1.29 is 14.4 Å². The van der Waals surface area contributed by atoms with Crippen LogP contribution in [-0.4, -0.2) is 35.7 Å². The van der Waals surface area contributed by atoms with E-state index in [1.807, 2.05) is 13.8 Å². The van der Waals surface area contributed by atoms with E-state index in [4.69, 9.17) is 11.0 Å². The zero-order valence-electron chi connectivity index (χ0n) is 13.4. The van der Waals surface area contributed by atoms with Crippen LogP contribution in [0, 0.1) is 17.4 Å². The number of primary amides is 1. The molecule has 7 nitrogen and oxygen atoms in total. The Hall–Kier alpha value is -2.88. The third kappa shape index (κ3) is 5.11. The monoisotopic (exact) mass is 316 g/mol. The minimum Gasteiger partial charge on any atom is -0.366 e. The number of likely N-dealkylation sites (N-methyl/N-ethyl adjacent to an activating group) is 1. The van der Waals surface area contributed by atoms with Crippen LogP contribution in [-0.2, 0) is 4.79 Å². The predicted octanol–water partition coefficient (Wildman–Crippen LogP) is 0.869. The Kier molecular flexibility index (Phi) is 6.27. The van der Waals surface area contributed by atoms with Gasteiger partial charge >= 0.3 is 0 Å². The summed E-state index contributed by atoms with van der Waals surface area (Å²) < 4.78 is 0. The summed E-state index contributed by atoms with van der Waals surface area (Å²) in [6, 6.07) is 5.11. The van der Waals surface area contributed by atoms with Crippen LogP contribution in [0.25, 0.3) is 0 Å².